The highest BCUT2D eigenvalue weighted by molar-refractivity contribution is 5.63. The van der Waals surface area contributed by atoms with Crippen LogP contribution in [0.5, 0.6) is 0 Å². The average Bonchev–Trinajstić information content (AvgIpc) is 2.25. The maximum absolute atomic E-state index is 10.6. The highest BCUT2D eigenvalue weighted by atomic mass is 16.6. The standard InChI is InChI=1S/C8H5N3O6/c12-9(13)4-3-6-1-2-7(10(14)15)5-8(6)11(16)17/h1-5H/b4-3+. The Kier molecular flexibility index (Phi) is 3.44. The van der Waals surface area contributed by atoms with E-state index in [0.717, 1.165) is 24.3 Å². The Bertz CT molecular complexity index is 524. The van der Waals surface area contributed by atoms with E-state index in [0.29, 0.717) is 6.20 Å². The summed E-state index contributed by atoms with van der Waals surface area (Å²) >= 11 is 0. The smallest absolute Gasteiger partial charge is 0.259 e. The molecule has 0 saturated heterocycles. The van der Waals surface area contributed by atoms with Crippen LogP contribution in [-0.2, 0) is 0 Å². The van der Waals surface area contributed by atoms with Gasteiger partial charge in [0, 0.05) is 12.1 Å². The molecule has 0 saturated carbocycles. The highest BCUT2D eigenvalue weighted by Crippen LogP contribution is 2.25. The van der Waals surface area contributed by atoms with Crippen LogP contribution >= 0.6 is 0 Å². The monoisotopic (exact) mass is 239 g/mol. The molecule has 0 heterocycles. The summed E-state index contributed by atoms with van der Waals surface area (Å²) in [6.45, 7) is 0. The van der Waals surface area contributed by atoms with E-state index in [1.54, 1.807) is 0 Å². The molecule has 0 N–H and O–H groups in total. The molecule has 9 nitrogen and oxygen atoms in total. The first-order valence-corrected chi connectivity index (χ1v) is 4.16. The second kappa shape index (κ2) is 4.79. The van der Waals surface area contributed by atoms with Crippen LogP contribution in [0.2, 0.25) is 0 Å². The van der Waals surface area contributed by atoms with Gasteiger partial charge in [-0.3, -0.25) is 30.3 Å². The minimum Gasteiger partial charge on any atom is -0.259 e. The molecule has 88 valence electrons. The van der Waals surface area contributed by atoms with Crippen LogP contribution in [0.15, 0.2) is 24.4 Å². The van der Waals surface area contributed by atoms with Gasteiger partial charge in [-0.1, -0.05) is 0 Å². The molecule has 0 aliphatic carbocycles. The molecule has 0 aromatic heterocycles. The van der Waals surface area contributed by atoms with Crippen LogP contribution in [0.25, 0.3) is 6.08 Å². The molecule has 0 radical (unpaired) electrons. The largest absolute Gasteiger partial charge is 0.283 e. The molecule has 1 rings (SSSR count). The molecule has 0 amide bonds. The van der Waals surface area contributed by atoms with Gasteiger partial charge < -0.3 is 0 Å². The number of hydrogen-bond donors (Lipinski definition) is 0. The Morgan fingerprint density at radius 3 is 2.12 bits per heavy atom. The molecular formula is C8H5N3O6. The van der Waals surface area contributed by atoms with Gasteiger partial charge in [0.2, 0.25) is 6.20 Å². The number of benzene rings is 1. The molecule has 1 aromatic carbocycles. The third kappa shape index (κ3) is 3.06. The first-order valence-electron chi connectivity index (χ1n) is 4.16. The number of rotatable bonds is 4. The van der Waals surface area contributed by atoms with Gasteiger partial charge in [-0.2, -0.15) is 0 Å². The fraction of sp³-hybridized carbons (Fsp3) is 0. The number of nitrogens with zero attached hydrogens (tertiary/aromatic N) is 3. The Balaban J connectivity index is 3.27. The molecular weight excluding hydrogens is 234 g/mol. The molecule has 0 aliphatic rings. The van der Waals surface area contributed by atoms with Crippen molar-refractivity contribution < 1.29 is 14.8 Å². The summed E-state index contributed by atoms with van der Waals surface area (Å²) in [5.74, 6) is 0. The summed E-state index contributed by atoms with van der Waals surface area (Å²) in [5.41, 5.74) is -1.08. The lowest BCUT2D eigenvalue weighted by molar-refractivity contribution is -0.401. The van der Waals surface area contributed by atoms with E-state index >= 15 is 0 Å². The predicted octanol–water partition coefficient (Wildman–Crippen LogP) is 1.75. The third-order valence-electron chi connectivity index (χ3n) is 1.80. The van der Waals surface area contributed by atoms with Crippen LogP contribution in [0.4, 0.5) is 11.4 Å². The fourth-order valence-electron chi connectivity index (χ4n) is 1.09. The lowest BCUT2D eigenvalue weighted by Crippen LogP contribution is -1.95. The maximum atomic E-state index is 10.6. The molecule has 9 heteroatoms. The van der Waals surface area contributed by atoms with Crippen molar-refractivity contribution in [3.05, 3.63) is 60.3 Å². The topological polar surface area (TPSA) is 129 Å². The minimum atomic E-state index is -0.841. The maximum Gasteiger partial charge on any atom is 0.283 e. The quantitative estimate of drug-likeness (QED) is 0.581. The number of hydrogen-bond acceptors (Lipinski definition) is 6. The van der Waals surface area contributed by atoms with Gasteiger partial charge in [-0.25, -0.2) is 0 Å². The van der Waals surface area contributed by atoms with Gasteiger partial charge in [-0.05, 0) is 6.07 Å². The van der Waals surface area contributed by atoms with Crippen molar-refractivity contribution in [2.24, 2.45) is 0 Å². The van der Waals surface area contributed by atoms with Crippen molar-refractivity contribution in [3.8, 4) is 0 Å². The molecule has 0 atom stereocenters. The summed E-state index contributed by atoms with van der Waals surface area (Å²) in [4.78, 5) is 28.7. The third-order valence-corrected chi connectivity index (χ3v) is 1.80. The average molecular weight is 239 g/mol. The van der Waals surface area contributed by atoms with Crippen molar-refractivity contribution in [2.75, 3.05) is 0 Å². The van der Waals surface area contributed by atoms with E-state index in [-0.39, 0.29) is 5.56 Å². The van der Waals surface area contributed by atoms with Crippen molar-refractivity contribution in [2.45, 2.75) is 0 Å². The minimum absolute atomic E-state index is 0.0719. The van der Waals surface area contributed by atoms with Crippen molar-refractivity contribution in [1.29, 1.82) is 0 Å². The number of nitro benzene ring substituents is 2. The second-order valence-corrected chi connectivity index (χ2v) is 2.86. The molecule has 0 unspecified atom stereocenters. The van der Waals surface area contributed by atoms with Gasteiger partial charge in [0.1, 0.15) is 0 Å². The van der Waals surface area contributed by atoms with Crippen molar-refractivity contribution in [1.82, 2.24) is 0 Å². The lowest BCUT2D eigenvalue weighted by atomic mass is 10.1. The zero-order chi connectivity index (χ0) is 13.0. The predicted molar refractivity (Wildman–Crippen MR) is 55.8 cm³/mol. The van der Waals surface area contributed by atoms with E-state index in [1.807, 2.05) is 0 Å². The van der Waals surface area contributed by atoms with E-state index in [1.165, 1.54) is 0 Å². The summed E-state index contributed by atoms with van der Waals surface area (Å²) in [7, 11) is 0. The van der Waals surface area contributed by atoms with Crippen LogP contribution in [0.1, 0.15) is 5.56 Å². The normalized spacial score (nSPS) is 10.4. The second-order valence-electron chi connectivity index (χ2n) is 2.86. The van der Waals surface area contributed by atoms with Crippen LogP contribution in [-0.4, -0.2) is 14.8 Å². The molecule has 1 aromatic rings. The number of nitro groups is 3. The van der Waals surface area contributed by atoms with Crippen molar-refractivity contribution >= 4 is 17.5 Å². The molecule has 0 fully saturated rings. The lowest BCUT2D eigenvalue weighted by Gasteiger charge is -1.96. The van der Waals surface area contributed by atoms with Gasteiger partial charge in [0.25, 0.3) is 11.4 Å². The molecule has 0 aliphatic heterocycles. The van der Waals surface area contributed by atoms with Crippen LogP contribution in [0, 0.1) is 30.3 Å². The SMILES string of the molecule is O=[N+]([O-])/C=C/c1ccc([N+](=O)[O-])cc1[N+](=O)[O-]. The number of non-ortho nitro benzene ring substituents is 1. The van der Waals surface area contributed by atoms with Crippen LogP contribution in [0.3, 0.4) is 0 Å². The van der Waals surface area contributed by atoms with E-state index < -0.39 is 26.1 Å². The van der Waals surface area contributed by atoms with Gasteiger partial charge in [0.15, 0.2) is 0 Å². The Morgan fingerprint density at radius 1 is 1.00 bits per heavy atom. The van der Waals surface area contributed by atoms with E-state index in [9.17, 15) is 30.3 Å². The molecule has 0 bridgehead atoms. The summed E-state index contributed by atoms with van der Waals surface area (Å²) in [6.07, 6.45) is 1.43. The van der Waals surface area contributed by atoms with Gasteiger partial charge in [0.05, 0.1) is 26.4 Å². The first-order chi connectivity index (χ1) is 7.91. The van der Waals surface area contributed by atoms with Gasteiger partial charge >= 0.3 is 0 Å². The van der Waals surface area contributed by atoms with E-state index in [4.69, 9.17) is 0 Å². The van der Waals surface area contributed by atoms with E-state index in [2.05, 4.69) is 0 Å². The zero-order valence-electron chi connectivity index (χ0n) is 8.18. The molecule has 17 heavy (non-hydrogen) atoms. The summed E-state index contributed by atoms with van der Waals surface area (Å²) < 4.78 is 0. The highest BCUT2D eigenvalue weighted by Gasteiger charge is 2.18. The Morgan fingerprint density at radius 2 is 1.65 bits per heavy atom. The Hall–Kier alpha value is -2.84. The fourth-order valence-corrected chi connectivity index (χ4v) is 1.09. The van der Waals surface area contributed by atoms with Crippen LogP contribution < -0.4 is 0 Å². The molecule has 0 spiro atoms. The first kappa shape index (κ1) is 12.2. The zero-order valence-corrected chi connectivity index (χ0v) is 8.18. The Labute approximate surface area is 93.4 Å². The van der Waals surface area contributed by atoms with Crippen molar-refractivity contribution in [3.63, 3.8) is 0 Å². The summed E-state index contributed by atoms with van der Waals surface area (Å²) in [5, 5.41) is 31.1. The summed E-state index contributed by atoms with van der Waals surface area (Å²) in [6, 6.07) is 2.86. The van der Waals surface area contributed by atoms with Gasteiger partial charge in [-0.15, -0.1) is 0 Å².